The van der Waals surface area contributed by atoms with Gasteiger partial charge in [0, 0.05) is 49.4 Å². The number of nitrogens with one attached hydrogen (secondary N) is 8. The molecule has 46 heteroatoms. The van der Waals surface area contributed by atoms with Crippen LogP contribution in [0.15, 0.2) is 82.0 Å². The lowest BCUT2D eigenvalue weighted by Gasteiger charge is -2.31. The third-order valence-electron chi connectivity index (χ3n) is 17.8. The third kappa shape index (κ3) is 46.5. The van der Waals surface area contributed by atoms with Crippen molar-refractivity contribution in [2.75, 3.05) is 154 Å². The van der Waals surface area contributed by atoms with Crippen LogP contribution in [0, 0.1) is 36.5 Å². The number of nitrogens with zero attached hydrogens (tertiary/aromatic N) is 14. The van der Waals surface area contributed by atoms with Gasteiger partial charge >= 0.3 is 0 Å². The number of benzene rings is 2. The first-order valence-electron chi connectivity index (χ1n) is 41.5. The zero-order chi connectivity index (χ0) is 93.2. The number of hydroxylamine groups is 2. The van der Waals surface area contributed by atoms with Gasteiger partial charge < -0.3 is 69.8 Å². The Balaban J connectivity index is 0.000000756. The van der Waals surface area contributed by atoms with Crippen molar-refractivity contribution in [3.63, 3.8) is 0 Å². The van der Waals surface area contributed by atoms with Gasteiger partial charge in [-0.1, -0.05) is 61.8 Å². The molecule has 0 aliphatic carbocycles. The first-order valence-corrected chi connectivity index (χ1v) is 44.4. The molecule has 0 saturated carbocycles. The quantitative estimate of drug-likeness (QED) is 0.00503. The highest BCUT2D eigenvalue weighted by molar-refractivity contribution is 7.89. The standard InChI is InChI=1S/C37H60FN11O10S.C32H53N11O10S.C6H10.C5H7F/c1-28(2)35(37(52)44-53)49(60(54,55)32-12-10-31(56-4)11-13-32)26-30-25-47(45-43-30)17-19-58-21-23-59-22-20-57-18-16-40-36(51)33(9-5-6-15-39-3)41-34(50)27-48-24-29(42-46-48)8-7-14-38;1-24(2)30(32(46)39-47)43(54(48,49)27-10-8-26(50-4)9-11-27)23-25-22-42(41-38-25)14-16-52-18-20-53-19-17-51-15-13-35-31(45)28(7-5-6-12-34-3)37-29(44)21-36-40-33;1-3-5-6-4-2;1-2-3-4-5-6/h10-13,24-25,28,33,35,39,53H,5-9,14-23,26-27H2,1-4H3,(H,40,51)(H,41,50)(H,44,52);8-11,22,24,28,30,34,47H,5-7,12-21,23H2,1-4H3,(H,35,45)(H,37,44)(H,39,46);1H,4-6H2,2H3;1H,3-5H2/t33-,35+;28-,30+;;/m00../s1/i38-1;;;6-1. The number of alkyl halides is 2. The van der Waals surface area contributed by atoms with Crippen molar-refractivity contribution in [1.29, 1.82) is 0 Å². The van der Waals surface area contributed by atoms with Crippen LogP contribution < -0.4 is 52.3 Å². The number of amides is 6. The Bertz CT molecular complexity index is 4190. The lowest BCUT2D eigenvalue weighted by molar-refractivity contribution is -0.135. The van der Waals surface area contributed by atoms with Gasteiger partial charge in [0.1, 0.15) is 48.8 Å². The highest BCUT2D eigenvalue weighted by Crippen LogP contribution is 2.28. The number of sulfonamides is 2. The average Bonchev–Trinajstić information content (AvgIpc) is 1.05. The molecule has 0 fully saturated rings. The smallest absolute Gasteiger partial charge is 0.262 e. The molecule has 0 radical (unpaired) electrons. The topological polar surface area (TPSA) is 529 Å². The van der Waals surface area contributed by atoms with Crippen LogP contribution in [-0.2, 0) is 116 Å². The molecule has 0 aliphatic rings. The maximum absolute atomic E-state index is 13.8. The minimum absolute atomic E-state index is 0.0667. The number of carbonyl (C=O) groups is 6. The summed E-state index contributed by atoms with van der Waals surface area (Å²) in [5, 5.41) is 63.2. The summed E-state index contributed by atoms with van der Waals surface area (Å²) in [5.41, 5.74) is 12.7. The molecule has 706 valence electrons. The number of aryl methyl sites for hydroxylation is 1. The molecule has 5 aromatic rings. The van der Waals surface area contributed by atoms with Crippen molar-refractivity contribution in [2.45, 2.75) is 185 Å². The fourth-order valence-electron chi connectivity index (χ4n) is 11.4. The Labute approximate surface area is 737 Å². The number of methoxy groups -OCH3 is 2. The number of hydrogen-bond acceptors (Lipinski definition) is 29. The molecule has 3 heterocycles. The predicted octanol–water partition coefficient (Wildman–Crippen LogP) is 3.78. The molecule has 0 aliphatic heterocycles. The highest BCUT2D eigenvalue weighted by Gasteiger charge is 2.41. The van der Waals surface area contributed by atoms with Gasteiger partial charge in [-0.3, -0.25) is 48.0 Å². The van der Waals surface area contributed by atoms with E-state index >= 15 is 0 Å². The number of rotatable bonds is 65. The number of azide groups is 1. The number of ether oxygens (including phenoxy) is 8. The largest absolute Gasteiger partial charge is 0.497 e. The number of terminal acetylenes is 2. The van der Waals surface area contributed by atoms with Crippen molar-refractivity contribution in [2.24, 2.45) is 17.0 Å². The lowest BCUT2D eigenvalue weighted by Crippen LogP contribution is -2.51. The summed E-state index contributed by atoms with van der Waals surface area (Å²) in [6.45, 7) is 13.0. The van der Waals surface area contributed by atoms with Gasteiger partial charge in [0.15, 0.2) is 0 Å². The zero-order valence-corrected chi connectivity index (χ0v) is 75.3. The van der Waals surface area contributed by atoms with E-state index in [0.717, 1.165) is 47.4 Å². The number of aromatic nitrogens is 9. The van der Waals surface area contributed by atoms with E-state index in [1.165, 1.54) is 89.6 Å². The van der Waals surface area contributed by atoms with E-state index < -0.39 is 80.4 Å². The summed E-state index contributed by atoms with van der Waals surface area (Å²) in [6, 6.07) is 7.50. The molecule has 0 spiro atoms. The summed E-state index contributed by atoms with van der Waals surface area (Å²) in [4.78, 5) is 77.9. The molecule has 2 aromatic carbocycles. The number of halogens is 2. The van der Waals surface area contributed by atoms with Gasteiger partial charge in [-0.25, -0.2) is 41.8 Å². The average molecular weight is 1820 g/mol. The molecule has 0 bridgehead atoms. The molecule has 0 saturated heterocycles. The SMILES string of the molecule is C#CCCCC.C#CCCC[18F].CNCCCC[C@H](NC(=O)CN=[N+]=[N-])C(=O)NCCOCCOCCOCCn1cc(CN([C@@H](C(=O)NO)C(C)C)S(=O)(=O)c2ccc(OC)cc2)nn1.CNCCCC[C@H](NC(=O)Cn1cc(CCC[18F])nn1)C(=O)NCCOCCOCCOCCn1cc(CN([C@@H](C(=O)NO)C(C)C)S(=O)(=O)c2ccc(OC)cc2)nn1. The van der Waals surface area contributed by atoms with Crippen LogP contribution in [0.5, 0.6) is 11.5 Å². The van der Waals surface area contributed by atoms with Gasteiger partial charge in [0.05, 0.1) is 160 Å². The minimum atomic E-state index is -4.24. The fourth-order valence-corrected chi connectivity index (χ4v) is 14.8. The van der Waals surface area contributed by atoms with Crippen LogP contribution in [0.1, 0.15) is 129 Å². The second kappa shape index (κ2) is 68.2. The first-order chi connectivity index (χ1) is 60.7. The van der Waals surface area contributed by atoms with E-state index in [0.29, 0.717) is 108 Å². The molecule has 126 heavy (non-hydrogen) atoms. The Morgan fingerprint density at radius 2 is 0.905 bits per heavy atom. The van der Waals surface area contributed by atoms with Crippen LogP contribution in [0.2, 0.25) is 0 Å². The molecular weight excluding hydrogens is 1690 g/mol. The Morgan fingerprint density at radius 1 is 0.524 bits per heavy atom. The van der Waals surface area contributed by atoms with Crippen molar-refractivity contribution in [3.8, 4) is 36.2 Å². The normalized spacial score (nSPS) is 12.2. The Hall–Kier alpha value is -10.0. The third-order valence-corrected chi connectivity index (χ3v) is 21.5. The summed E-state index contributed by atoms with van der Waals surface area (Å²) in [5.74, 6) is 1.46. The second-order valence-corrected chi connectivity index (χ2v) is 32.1. The first kappa shape index (κ1) is 112. The van der Waals surface area contributed by atoms with E-state index in [1.54, 1.807) is 57.2 Å². The molecule has 5 rings (SSSR count). The highest BCUT2D eigenvalue weighted by atomic mass is 32.2. The second-order valence-electron chi connectivity index (χ2n) is 28.3. The zero-order valence-electron chi connectivity index (χ0n) is 73.7. The summed E-state index contributed by atoms with van der Waals surface area (Å²) in [7, 11) is -1.87. The van der Waals surface area contributed by atoms with Crippen molar-refractivity contribution in [3.05, 3.63) is 94.6 Å². The Kier molecular flexibility index (Phi) is 60.7. The molecule has 0 unspecified atom stereocenters. The Morgan fingerprint density at radius 3 is 1.26 bits per heavy atom. The minimum Gasteiger partial charge on any atom is -0.497 e. The molecule has 10 N–H and O–H groups in total. The monoisotopic (exact) mass is 1820 g/mol. The van der Waals surface area contributed by atoms with Crippen LogP contribution in [0.4, 0.5) is 8.78 Å². The van der Waals surface area contributed by atoms with Gasteiger partial charge in [-0.15, -0.1) is 40.0 Å². The molecule has 3 aromatic heterocycles. The summed E-state index contributed by atoms with van der Waals surface area (Å²) < 4.78 is 128. The van der Waals surface area contributed by atoms with Gasteiger partial charge in [-0.05, 0) is 157 Å². The summed E-state index contributed by atoms with van der Waals surface area (Å²) >= 11 is 0. The van der Waals surface area contributed by atoms with Gasteiger partial charge in [0.25, 0.3) is 11.8 Å². The van der Waals surface area contributed by atoms with Gasteiger partial charge in [0.2, 0.25) is 43.7 Å². The van der Waals surface area contributed by atoms with Gasteiger partial charge in [-0.2, -0.15) is 8.61 Å². The van der Waals surface area contributed by atoms with Crippen LogP contribution in [0.3, 0.4) is 0 Å². The van der Waals surface area contributed by atoms with Crippen LogP contribution in [-0.4, -0.2) is 294 Å². The van der Waals surface area contributed by atoms with E-state index in [9.17, 15) is 64.8 Å². The maximum atomic E-state index is 13.8. The molecule has 4 atom stereocenters. The number of hydrogen-bond donors (Lipinski definition) is 10. The lowest BCUT2D eigenvalue weighted by atomic mass is 10.0. The number of carbonyl (C=O) groups excluding carboxylic acids is 6. The number of unbranched alkanes of at least 4 members (excludes halogenated alkanes) is 5. The molecule has 42 nitrogen and oxygen atoms in total. The van der Waals surface area contributed by atoms with Crippen LogP contribution >= 0.6 is 0 Å². The van der Waals surface area contributed by atoms with Crippen molar-refractivity contribution in [1.82, 2.24) is 96.5 Å². The van der Waals surface area contributed by atoms with E-state index in [4.69, 9.17) is 56.3 Å². The van der Waals surface area contributed by atoms with Crippen LogP contribution in [0.25, 0.3) is 10.4 Å². The molecule has 6 amide bonds. The predicted molar refractivity (Wildman–Crippen MR) is 460 cm³/mol. The van der Waals surface area contributed by atoms with E-state index in [2.05, 4.69) is 91.6 Å². The van der Waals surface area contributed by atoms with E-state index in [-0.39, 0.29) is 131 Å². The maximum Gasteiger partial charge on any atom is 0.262 e. The summed E-state index contributed by atoms with van der Waals surface area (Å²) in [6.07, 6.45) is 23.6. The van der Waals surface area contributed by atoms with Crippen molar-refractivity contribution < 1.29 is 103 Å². The molecular formula is C80H130F2N22O20S2. The van der Waals surface area contributed by atoms with Crippen molar-refractivity contribution >= 4 is 55.5 Å². The fraction of sp³-hybridized carbons (Fsp3) is 0.650. The van der Waals surface area contributed by atoms with E-state index in [1.807, 2.05) is 14.1 Å².